The fourth-order valence-corrected chi connectivity index (χ4v) is 4.23. The Morgan fingerprint density at radius 1 is 1.08 bits per heavy atom. The maximum Gasteiger partial charge on any atom is 0.416 e. The molecule has 0 aliphatic heterocycles. The monoisotopic (exact) mass is 347 g/mol. The summed E-state index contributed by atoms with van der Waals surface area (Å²) in [5, 5.41) is 3.55. The number of rotatable bonds is 3. The lowest BCUT2D eigenvalue weighted by atomic mass is 9.95. The third-order valence-electron chi connectivity index (χ3n) is 5.49. The first kappa shape index (κ1) is 16.4. The number of anilines is 1. The summed E-state index contributed by atoms with van der Waals surface area (Å²) < 4.78 is 38.3. The van der Waals surface area contributed by atoms with Gasteiger partial charge < -0.3 is 5.32 Å². The molecule has 2 aliphatic rings. The van der Waals surface area contributed by atoms with Crippen molar-refractivity contribution in [1.29, 1.82) is 0 Å². The van der Waals surface area contributed by atoms with Gasteiger partial charge in [0, 0.05) is 17.8 Å². The average molecular weight is 347 g/mol. The van der Waals surface area contributed by atoms with Gasteiger partial charge in [-0.05, 0) is 55.7 Å². The molecule has 0 spiro atoms. The van der Waals surface area contributed by atoms with Crippen molar-refractivity contribution in [2.24, 2.45) is 11.8 Å². The van der Waals surface area contributed by atoms with Crippen LogP contribution in [0.3, 0.4) is 0 Å². The molecular weight excluding hydrogens is 327 g/mol. The van der Waals surface area contributed by atoms with Gasteiger partial charge in [0.2, 0.25) is 0 Å². The van der Waals surface area contributed by atoms with Gasteiger partial charge in [0.15, 0.2) is 0 Å². The predicted octanol–water partition coefficient (Wildman–Crippen LogP) is 5.07. The number of hydrogen-bond donors (Lipinski definition) is 1. The van der Waals surface area contributed by atoms with Crippen LogP contribution in [0.1, 0.15) is 37.1 Å². The number of halogens is 3. The summed E-state index contributed by atoms with van der Waals surface area (Å²) in [6.07, 6.45) is 2.36. The lowest BCUT2D eigenvalue weighted by Gasteiger charge is -2.24. The largest absolute Gasteiger partial charge is 0.416 e. The molecular formula is C19H20F3N3. The zero-order valence-corrected chi connectivity index (χ0v) is 14.0. The molecule has 1 aromatic heterocycles. The third-order valence-corrected chi connectivity index (χ3v) is 5.49. The van der Waals surface area contributed by atoms with E-state index in [0.717, 1.165) is 35.9 Å². The molecule has 0 amide bonds. The number of nitrogens with zero attached hydrogens (tertiary/aromatic N) is 2. The Kier molecular flexibility index (Phi) is 3.93. The van der Waals surface area contributed by atoms with Crippen molar-refractivity contribution in [2.45, 2.75) is 44.8 Å². The number of benzene rings is 1. The van der Waals surface area contributed by atoms with Crippen LogP contribution >= 0.6 is 0 Å². The van der Waals surface area contributed by atoms with Crippen molar-refractivity contribution in [3.05, 3.63) is 41.9 Å². The van der Waals surface area contributed by atoms with Crippen molar-refractivity contribution in [3.63, 3.8) is 0 Å². The summed E-state index contributed by atoms with van der Waals surface area (Å²) in [5.41, 5.74) is 0.799. The Hall–Kier alpha value is -2.11. The number of nitrogens with one attached hydrogen (secondary N) is 1. The first-order valence-electron chi connectivity index (χ1n) is 8.68. The maximum absolute atomic E-state index is 12.8. The normalized spacial score (nSPS) is 25.4. The van der Waals surface area contributed by atoms with Crippen molar-refractivity contribution in [2.75, 3.05) is 5.32 Å². The highest BCUT2D eigenvalue weighted by Crippen LogP contribution is 2.46. The molecule has 3 atom stereocenters. The van der Waals surface area contributed by atoms with Crippen LogP contribution in [0.4, 0.5) is 19.0 Å². The second-order valence-electron chi connectivity index (χ2n) is 7.18. The minimum absolute atomic E-state index is 0.404. The van der Waals surface area contributed by atoms with E-state index in [9.17, 15) is 13.2 Å². The van der Waals surface area contributed by atoms with E-state index in [-0.39, 0.29) is 0 Å². The van der Waals surface area contributed by atoms with Crippen LogP contribution < -0.4 is 5.32 Å². The van der Waals surface area contributed by atoms with Crippen LogP contribution in [0.15, 0.2) is 30.5 Å². The average Bonchev–Trinajstić information content (AvgIpc) is 3.17. The minimum Gasteiger partial charge on any atom is -0.366 e. The van der Waals surface area contributed by atoms with Gasteiger partial charge in [-0.2, -0.15) is 13.2 Å². The minimum atomic E-state index is -4.33. The van der Waals surface area contributed by atoms with Crippen LogP contribution in [-0.4, -0.2) is 16.0 Å². The molecule has 0 unspecified atom stereocenters. The van der Waals surface area contributed by atoms with Crippen LogP contribution in [0.25, 0.3) is 11.1 Å². The number of aryl methyl sites for hydroxylation is 1. The van der Waals surface area contributed by atoms with Gasteiger partial charge in [-0.25, -0.2) is 9.97 Å². The summed E-state index contributed by atoms with van der Waals surface area (Å²) in [6.45, 7) is 1.82. The quantitative estimate of drug-likeness (QED) is 0.842. The molecule has 4 rings (SSSR count). The Morgan fingerprint density at radius 2 is 1.84 bits per heavy atom. The van der Waals surface area contributed by atoms with Gasteiger partial charge >= 0.3 is 6.18 Å². The van der Waals surface area contributed by atoms with Crippen LogP contribution in [0.2, 0.25) is 0 Å². The molecule has 2 bridgehead atoms. The molecule has 25 heavy (non-hydrogen) atoms. The van der Waals surface area contributed by atoms with E-state index in [0.29, 0.717) is 23.3 Å². The zero-order valence-electron chi connectivity index (χ0n) is 14.0. The summed E-state index contributed by atoms with van der Waals surface area (Å²) in [6, 6.07) is 5.60. The number of hydrogen-bond acceptors (Lipinski definition) is 3. The van der Waals surface area contributed by atoms with Crippen LogP contribution in [0, 0.1) is 18.8 Å². The van der Waals surface area contributed by atoms with E-state index in [1.807, 2.05) is 6.92 Å². The number of aromatic nitrogens is 2. The topological polar surface area (TPSA) is 37.8 Å². The maximum atomic E-state index is 12.8. The molecule has 2 aliphatic carbocycles. The molecule has 3 nitrogen and oxygen atoms in total. The Labute approximate surface area is 144 Å². The summed E-state index contributed by atoms with van der Waals surface area (Å²) >= 11 is 0. The third kappa shape index (κ3) is 3.22. The van der Waals surface area contributed by atoms with Crippen molar-refractivity contribution >= 4 is 5.82 Å². The van der Waals surface area contributed by atoms with Gasteiger partial charge in [0.1, 0.15) is 11.6 Å². The molecule has 132 valence electrons. The van der Waals surface area contributed by atoms with E-state index in [4.69, 9.17) is 0 Å². The first-order valence-corrected chi connectivity index (χ1v) is 8.68. The van der Waals surface area contributed by atoms with Gasteiger partial charge in [-0.15, -0.1) is 0 Å². The first-order chi connectivity index (χ1) is 11.9. The summed E-state index contributed by atoms with van der Waals surface area (Å²) in [5.74, 6) is 2.87. The van der Waals surface area contributed by atoms with E-state index < -0.39 is 11.7 Å². The molecule has 2 saturated carbocycles. The van der Waals surface area contributed by atoms with Crippen molar-refractivity contribution in [1.82, 2.24) is 9.97 Å². The molecule has 1 aromatic carbocycles. The second kappa shape index (κ2) is 6.00. The zero-order chi connectivity index (χ0) is 17.6. The Bertz CT molecular complexity index is 770. The molecule has 2 aromatic rings. The standard InChI is InChI=1S/C19H20F3N3/c1-11-23-10-16(13-4-6-15(7-5-13)19(20,21)22)18(24-11)25-17-9-12-2-3-14(17)8-12/h4-7,10,12,14,17H,2-3,8-9H2,1H3,(H,23,24,25)/t12-,14-,17-/m1/s1. The van der Waals surface area contributed by atoms with Crippen LogP contribution in [0.5, 0.6) is 0 Å². The highest BCUT2D eigenvalue weighted by molar-refractivity contribution is 5.74. The highest BCUT2D eigenvalue weighted by atomic mass is 19.4. The van der Waals surface area contributed by atoms with Crippen LogP contribution in [-0.2, 0) is 6.18 Å². The Morgan fingerprint density at radius 3 is 2.44 bits per heavy atom. The number of alkyl halides is 3. The van der Waals surface area contributed by atoms with Crippen molar-refractivity contribution < 1.29 is 13.2 Å². The molecule has 6 heteroatoms. The predicted molar refractivity (Wildman–Crippen MR) is 90.1 cm³/mol. The molecule has 2 fully saturated rings. The SMILES string of the molecule is Cc1ncc(-c2ccc(C(F)(F)F)cc2)c(N[C@@H]2C[C@@H]3CC[C@@H]2C3)n1. The fourth-order valence-electron chi connectivity index (χ4n) is 4.23. The van der Waals surface area contributed by atoms with E-state index >= 15 is 0 Å². The van der Waals surface area contributed by atoms with Crippen molar-refractivity contribution in [3.8, 4) is 11.1 Å². The van der Waals surface area contributed by atoms with Gasteiger partial charge in [0.05, 0.1) is 5.56 Å². The second-order valence-corrected chi connectivity index (χ2v) is 7.18. The van der Waals surface area contributed by atoms with E-state index in [1.54, 1.807) is 6.20 Å². The Balaban J connectivity index is 1.63. The number of fused-ring (bicyclic) bond motifs is 2. The summed E-state index contributed by atoms with van der Waals surface area (Å²) in [4.78, 5) is 8.76. The molecule has 0 saturated heterocycles. The summed E-state index contributed by atoms with van der Waals surface area (Å²) in [7, 11) is 0. The van der Waals surface area contributed by atoms with Gasteiger partial charge in [-0.1, -0.05) is 18.6 Å². The molecule has 1 heterocycles. The lowest BCUT2D eigenvalue weighted by molar-refractivity contribution is -0.137. The molecule has 1 N–H and O–H groups in total. The highest BCUT2D eigenvalue weighted by Gasteiger charge is 2.39. The van der Waals surface area contributed by atoms with E-state index in [1.165, 1.54) is 31.4 Å². The lowest BCUT2D eigenvalue weighted by Crippen LogP contribution is -2.26. The van der Waals surface area contributed by atoms with Gasteiger partial charge in [-0.3, -0.25) is 0 Å². The molecule has 0 radical (unpaired) electrons. The van der Waals surface area contributed by atoms with E-state index in [2.05, 4.69) is 15.3 Å². The van der Waals surface area contributed by atoms with Gasteiger partial charge in [0.25, 0.3) is 0 Å². The smallest absolute Gasteiger partial charge is 0.366 e. The fraction of sp³-hybridized carbons (Fsp3) is 0.474.